The molecule has 0 amide bonds. The molecule has 1 fully saturated rings. The number of carboxylic acid groups (broad SMARTS) is 1. The lowest BCUT2D eigenvalue weighted by Gasteiger charge is -2.09. The molecule has 0 heterocycles. The highest BCUT2D eigenvalue weighted by molar-refractivity contribution is 5.75. The highest BCUT2D eigenvalue weighted by Crippen LogP contribution is 2.50. The maximum absolute atomic E-state index is 10.8. The first-order valence-corrected chi connectivity index (χ1v) is 5.12. The number of hydrogen-bond acceptors (Lipinski definition) is 3. The number of benzene rings is 1. The van der Waals surface area contributed by atoms with Crippen molar-refractivity contribution in [3.63, 3.8) is 0 Å². The van der Waals surface area contributed by atoms with Gasteiger partial charge in [-0.25, -0.2) is 0 Å². The van der Waals surface area contributed by atoms with Gasteiger partial charge in [0, 0.05) is 12.0 Å². The van der Waals surface area contributed by atoms with Gasteiger partial charge < -0.3 is 14.6 Å². The lowest BCUT2D eigenvalue weighted by atomic mass is 10.1. The van der Waals surface area contributed by atoms with Gasteiger partial charge >= 0.3 is 5.97 Å². The molecule has 1 aliphatic rings. The fourth-order valence-electron chi connectivity index (χ4n) is 1.94. The molecule has 1 aliphatic carbocycles. The minimum Gasteiger partial charge on any atom is -0.497 e. The van der Waals surface area contributed by atoms with Crippen molar-refractivity contribution in [2.75, 3.05) is 14.2 Å². The van der Waals surface area contributed by atoms with Gasteiger partial charge in [0.1, 0.15) is 11.5 Å². The average molecular weight is 222 g/mol. The second-order valence-corrected chi connectivity index (χ2v) is 3.89. The van der Waals surface area contributed by atoms with Crippen molar-refractivity contribution in [3.8, 4) is 11.5 Å². The van der Waals surface area contributed by atoms with Crippen LogP contribution in [-0.2, 0) is 4.79 Å². The molecule has 1 N–H and O–H groups in total. The Morgan fingerprint density at radius 2 is 2.12 bits per heavy atom. The molecule has 16 heavy (non-hydrogen) atoms. The quantitative estimate of drug-likeness (QED) is 0.845. The number of rotatable bonds is 4. The molecule has 0 aliphatic heterocycles. The Kier molecular flexibility index (Phi) is 2.73. The van der Waals surface area contributed by atoms with Gasteiger partial charge in [-0.3, -0.25) is 4.79 Å². The number of methoxy groups -OCH3 is 2. The van der Waals surface area contributed by atoms with Gasteiger partial charge in [0.2, 0.25) is 0 Å². The van der Waals surface area contributed by atoms with Gasteiger partial charge in [-0.1, -0.05) is 6.07 Å². The third kappa shape index (κ3) is 1.83. The average Bonchev–Trinajstić information content (AvgIpc) is 3.08. The lowest BCUT2D eigenvalue weighted by molar-refractivity contribution is -0.138. The number of ether oxygens (including phenoxy) is 2. The molecule has 1 saturated carbocycles. The monoisotopic (exact) mass is 222 g/mol. The minimum atomic E-state index is -0.733. The molecule has 4 nitrogen and oxygen atoms in total. The van der Waals surface area contributed by atoms with Crippen LogP contribution in [0.15, 0.2) is 18.2 Å². The Bertz CT molecular complexity index is 413. The van der Waals surface area contributed by atoms with Crippen LogP contribution in [-0.4, -0.2) is 25.3 Å². The zero-order valence-corrected chi connectivity index (χ0v) is 9.27. The Hall–Kier alpha value is -1.71. The van der Waals surface area contributed by atoms with Crippen LogP contribution < -0.4 is 9.47 Å². The summed E-state index contributed by atoms with van der Waals surface area (Å²) in [5, 5.41) is 8.88. The van der Waals surface area contributed by atoms with E-state index in [2.05, 4.69) is 0 Å². The third-order valence-electron chi connectivity index (χ3n) is 2.95. The summed E-state index contributed by atoms with van der Waals surface area (Å²) in [6.45, 7) is 0. The van der Waals surface area contributed by atoms with Crippen LogP contribution in [0.1, 0.15) is 17.9 Å². The fourth-order valence-corrected chi connectivity index (χ4v) is 1.94. The molecular weight excluding hydrogens is 208 g/mol. The molecule has 1 aromatic rings. The van der Waals surface area contributed by atoms with Crippen molar-refractivity contribution in [2.45, 2.75) is 12.3 Å². The summed E-state index contributed by atoms with van der Waals surface area (Å²) in [7, 11) is 3.17. The minimum absolute atomic E-state index is 0.0818. The van der Waals surface area contributed by atoms with Gasteiger partial charge in [0.05, 0.1) is 20.1 Å². The van der Waals surface area contributed by atoms with Crippen LogP contribution in [0.25, 0.3) is 0 Å². The van der Waals surface area contributed by atoms with Gasteiger partial charge in [0.25, 0.3) is 0 Å². The van der Waals surface area contributed by atoms with E-state index in [0.29, 0.717) is 17.9 Å². The first-order chi connectivity index (χ1) is 7.67. The van der Waals surface area contributed by atoms with Crippen LogP contribution in [0.3, 0.4) is 0 Å². The van der Waals surface area contributed by atoms with E-state index in [1.165, 1.54) is 0 Å². The second-order valence-electron chi connectivity index (χ2n) is 3.89. The Balaban J connectivity index is 2.25. The highest BCUT2D eigenvalue weighted by Gasteiger charge is 2.45. The number of carboxylic acids is 1. The normalized spacial score (nSPS) is 22.6. The summed E-state index contributed by atoms with van der Waals surface area (Å²) in [4.78, 5) is 10.8. The SMILES string of the molecule is COc1ccc([C@H]2C[C@H]2C(=O)O)c(OC)c1. The summed E-state index contributed by atoms with van der Waals surface area (Å²) >= 11 is 0. The predicted molar refractivity (Wildman–Crippen MR) is 58.0 cm³/mol. The molecule has 0 saturated heterocycles. The highest BCUT2D eigenvalue weighted by atomic mass is 16.5. The van der Waals surface area contributed by atoms with Gasteiger partial charge in [-0.2, -0.15) is 0 Å². The first-order valence-electron chi connectivity index (χ1n) is 5.12. The van der Waals surface area contributed by atoms with Crippen LogP contribution in [0.4, 0.5) is 0 Å². The summed E-state index contributed by atoms with van der Waals surface area (Å²) in [5.41, 5.74) is 0.954. The number of hydrogen-bond donors (Lipinski definition) is 1. The molecule has 0 radical (unpaired) electrons. The fraction of sp³-hybridized carbons (Fsp3) is 0.417. The zero-order chi connectivity index (χ0) is 11.7. The number of aliphatic carboxylic acids is 1. The molecule has 2 atom stereocenters. The number of carbonyl (C=O) groups is 1. The van der Waals surface area contributed by atoms with Gasteiger partial charge in [0.15, 0.2) is 0 Å². The zero-order valence-electron chi connectivity index (χ0n) is 9.27. The largest absolute Gasteiger partial charge is 0.497 e. The third-order valence-corrected chi connectivity index (χ3v) is 2.95. The first kappa shape index (κ1) is 10.8. The van der Waals surface area contributed by atoms with Crippen molar-refractivity contribution in [3.05, 3.63) is 23.8 Å². The Morgan fingerprint density at radius 3 is 2.62 bits per heavy atom. The van der Waals surface area contributed by atoms with Gasteiger partial charge in [-0.05, 0) is 18.1 Å². The van der Waals surface area contributed by atoms with E-state index in [0.717, 1.165) is 5.56 Å². The molecule has 2 rings (SSSR count). The van der Waals surface area contributed by atoms with Crippen molar-refractivity contribution in [1.82, 2.24) is 0 Å². The smallest absolute Gasteiger partial charge is 0.307 e. The summed E-state index contributed by atoms with van der Waals surface area (Å²) < 4.78 is 10.3. The second kappa shape index (κ2) is 4.04. The van der Waals surface area contributed by atoms with Crippen molar-refractivity contribution >= 4 is 5.97 Å². The summed E-state index contributed by atoms with van der Waals surface area (Å²) in [6, 6.07) is 5.49. The summed E-state index contributed by atoms with van der Waals surface area (Å²) in [5.74, 6) is 0.504. The molecular formula is C12H14O4. The molecule has 1 aromatic carbocycles. The molecule has 0 bridgehead atoms. The Morgan fingerprint density at radius 1 is 1.38 bits per heavy atom. The van der Waals surface area contributed by atoms with Crippen LogP contribution in [0.5, 0.6) is 11.5 Å². The molecule has 0 aromatic heterocycles. The van der Waals surface area contributed by atoms with E-state index in [-0.39, 0.29) is 11.8 Å². The standard InChI is InChI=1S/C12H14O4/c1-15-7-3-4-8(11(5-7)16-2)9-6-10(9)12(13)14/h3-5,9-10H,6H2,1-2H3,(H,13,14)/t9-,10-/m1/s1. The molecule has 0 spiro atoms. The summed E-state index contributed by atoms with van der Waals surface area (Å²) in [6.07, 6.45) is 0.692. The Labute approximate surface area is 93.8 Å². The maximum atomic E-state index is 10.8. The van der Waals surface area contributed by atoms with E-state index < -0.39 is 5.97 Å². The van der Waals surface area contributed by atoms with Crippen molar-refractivity contribution in [1.29, 1.82) is 0 Å². The topological polar surface area (TPSA) is 55.8 Å². The van der Waals surface area contributed by atoms with E-state index in [4.69, 9.17) is 14.6 Å². The molecule has 86 valence electrons. The molecule has 4 heteroatoms. The van der Waals surface area contributed by atoms with E-state index in [9.17, 15) is 4.79 Å². The van der Waals surface area contributed by atoms with Crippen molar-refractivity contribution in [2.24, 2.45) is 5.92 Å². The van der Waals surface area contributed by atoms with Crippen molar-refractivity contribution < 1.29 is 19.4 Å². The molecule has 0 unspecified atom stereocenters. The lowest BCUT2D eigenvalue weighted by Crippen LogP contribution is -2.00. The van der Waals surface area contributed by atoms with E-state index >= 15 is 0 Å². The van der Waals surface area contributed by atoms with E-state index in [1.807, 2.05) is 12.1 Å². The van der Waals surface area contributed by atoms with E-state index in [1.54, 1.807) is 20.3 Å². The van der Waals surface area contributed by atoms with Crippen LogP contribution in [0.2, 0.25) is 0 Å². The van der Waals surface area contributed by atoms with Crippen LogP contribution in [0, 0.1) is 5.92 Å². The maximum Gasteiger partial charge on any atom is 0.307 e. The van der Waals surface area contributed by atoms with Gasteiger partial charge in [-0.15, -0.1) is 0 Å². The predicted octanol–water partition coefficient (Wildman–Crippen LogP) is 1.89. The van der Waals surface area contributed by atoms with Crippen LogP contribution >= 0.6 is 0 Å².